The number of rotatable bonds is 8. The predicted molar refractivity (Wildman–Crippen MR) is 112 cm³/mol. The Morgan fingerprint density at radius 3 is 2.41 bits per heavy atom. The van der Waals surface area contributed by atoms with Crippen LogP contribution < -0.4 is 5.32 Å². The lowest BCUT2D eigenvalue weighted by molar-refractivity contribution is -0.120. The van der Waals surface area contributed by atoms with Crippen LogP contribution in [0.1, 0.15) is 36.2 Å². The van der Waals surface area contributed by atoms with Crippen molar-refractivity contribution in [3.63, 3.8) is 0 Å². The number of carbonyl (C=O) groups excluding carboxylic acids is 1. The molecule has 142 valence electrons. The monoisotopic (exact) mass is 363 g/mol. The molecule has 4 heteroatoms. The average Bonchev–Trinajstić information content (AvgIpc) is 3.00. The molecule has 0 saturated carbocycles. The van der Waals surface area contributed by atoms with E-state index >= 15 is 0 Å². The Bertz CT molecular complexity index is 909. The number of H-pyrrole nitrogens is 1. The standard InChI is InChI=1S/C23H29N3O/c1-4-26(5-2)16-19-11-7-6-10-18(19)15-24-23(27)14-21-17(3)25-22-13-9-8-12-20(21)22/h6-13,25H,4-5,14-16H2,1-3H3,(H,24,27). The van der Waals surface area contributed by atoms with Crippen LogP contribution in [0.5, 0.6) is 0 Å². The van der Waals surface area contributed by atoms with Crippen molar-refractivity contribution in [2.24, 2.45) is 0 Å². The normalized spacial score (nSPS) is 11.3. The van der Waals surface area contributed by atoms with Crippen LogP contribution in [0.15, 0.2) is 48.5 Å². The van der Waals surface area contributed by atoms with Gasteiger partial charge in [0.15, 0.2) is 0 Å². The molecule has 27 heavy (non-hydrogen) atoms. The molecule has 4 nitrogen and oxygen atoms in total. The van der Waals surface area contributed by atoms with E-state index in [-0.39, 0.29) is 5.91 Å². The molecule has 0 fully saturated rings. The average molecular weight is 364 g/mol. The van der Waals surface area contributed by atoms with E-state index in [0.717, 1.165) is 41.8 Å². The third kappa shape index (κ3) is 4.58. The molecule has 1 aromatic heterocycles. The molecule has 0 radical (unpaired) electrons. The number of aromatic amines is 1. The molecule has 0 spiro atoms. The molecule has 0 bridgehead atoms. The zero-order valence-electron chi connectivity index (χ0n) is 16.5. The van der Waals surface area contributed by atoms with E-state index in [9.17, 15) is 4.79 Å². The lowest BCUT2D eigenvalue weighted by Crippen LogP contribution is -2.27. The minimum Gasteiger partial charge on any atom is -0.358 e. The summed E-state index contributed by atoms with van der Waals surface area (Å²) in [5.74, 6) is 0.0560. The summed E-state index contributed by atoms with van der Waals surface area (Å²) in [4.78, 5) is 18.3. The van der Waals surface area contributed by atoms with Crippen LogP contribution in [0, 0.1) is 6.92 Å². The number of carbonyl (C=O) groups is 1. The summed E-state index contributed by atoms with van der Waals surface area (Å²) in [6.45, 7) is 9.92. The Morgan fingerprint density at radius 1 is 1.00 bits per heavy atom. The third-order valence-corrected chi connectivity index (χ3v) is 5.25. The largest absolute Gasteiger partial charge is 0.358 e. The summed E-state index contributed by atoms with van der Waals surface area (Å²) in [6.07, 6.45) is 0.397. The van der Waals surface area contributed by atoms with Crippen LogP contribution in [0.2, 0.25) is 0 Å². The summed E-state index contributed by atoms with van der Waals surface area (Å²) in [5.41, 5.74) is 5.70. The smallest absolute Gasteiger partial charge is 0.224 e. The summed E-state index contributed by atoms with van der Waals surface area (Å²) in [6, 6.07) is 16.5. The van der Waals surface area contributed by atoms with Crippen molar-refractivity contribution in [2.75, 3.05) is 13.1 Å². The summed E-state index contributed by atoms with van der Waals surface area (Å²) in [7, 11) is 0. The van der Waals surface area contributed by atoms with Gasteiger partial charge in [-0.25, -0.2) is 0 Å². The Hall–Kier alpha value is -2.59. The van der Waals surface area contributed by atoms with E-state index in [1.165, 1.54) is 11.1 Å². The highest BCUT2D eigenvalue weighted by atomic mass is 16.1. The van der Waals surface area contributed by atoms with Crippen LogP contribution in [0.4, 0.5) is 0 Å². The van der Waals surface area contributed by atoms with Crippen molar-refractivity contribution >= 4 is 16.8 Å². The van der Waals surface area contributed by atoms with Gasteiger partial charge in [-0.3, -0.25) is 9.69 Å². The molecular formula is C23H29N3O. The van der Waals surface area contributed by atoms with Gasteiger partial charge >= 0.3 is 0 Å². The zero-order valence-corrected chi connectivity index (χ0v) is 16.5. The number of amides is 1. The van der Waals surface area contributed by atoms with Crippen molar-refractivity contribution in [1.82, 2.24) is 15.2 Å². The Morgan fingerprint density at radius 2 is 1.67 bits per heavy atom. The molecular weight excluding hydrogens is 334 g/mol. The van der Waals surface area contributed by atoms with E-state index in [1.54, 1.807) is 0 Å². The number of hydrogen-bond acceptors (Lipinski definition) is 2. The van der Waals surface area contributed by atoms with Crippen LogP contribution in [-0.4, -0.2) is 28.9 Å². The number of fused-ring (bicyclic) bond motifs is 1. The highest BCUT2D eigenvalue weighted by Gasteiger charge is 2.13. The van der Waals surface area contributed by atoms with Gasteiger partial charge in [0.25, 0.3) is 0 Å². The Balaban J connectivity index is 1.67. The van der Waals surface area contributed by atoms with Crippen molar-refractivity contribution in [2.45, 2.75) is 40.3 Å². The first-order valence-corrected chi connectivity index (χ1v) is 9.74. The minimum absolute atomic E-state index is 0.0560. The van der Waals surface area contributed by atoms with E-state index in [0.29, 0.717) is 13.0 Å². The summed E-state index contributed by atoms with van der Waals surface area (Å²) < 4.78 is 0. The molecule has 3 rings (SSSR count). The Kier molecular flexibility index (Phi) is 6.30. The number of nitrogens with zero attached hydrogens (tertiary/aromatic N) is 1. The second kappa shape index (κ2) is 8.87. The van der Waals surface area contributed by atoms with Gasteiger partial charge in [0.05, 0.1) is 6.42 Å². The molecule has 0 saturated heterocycles. The second-order valence-electron chi connectivity index (χ2n) is 6.96. The molecule has 0 atom stereocenters. The fraction of sp³-hybridized carbons (Fsp3) is 0.348. The van der Waals surface area contributed by atoms with Gasteiger partial charge in [0, 0.05) is 29.7 Å². The number of aromatic nitrogens is 1. The third-order valence-electron chi connectivity index (χ3n) is 5.25. The van der Waals surface area contributed by atoms with Crippen LogP contribution in [0.25, 0.3) is 10.9 Å². The predicted octanol–water partition coefficient (Wildman–Crippen LogP) is 4.18. The fourth-order valence-electron chi connectivity index (χ4n) is 3.55. The Labute approximate surface area is 161 Å². The molecule has 2 aromatic carbocycles. The van der Waals surface area contributed by atoms with Gasteiger partial charge < -0.3 is 10.3 Å². The number of para-hydroxylation sites is 1. The van der Waals surface area contributed by atoms with Crippen LogP contribution in [-0.2, 0) is 24.3 Å². The highest BCUT2D eigenvalue weighted by molar-refractivity contribution is 5.90. The second-order valence-corrected chi connectivity index (χ2v) is 6.96. The number of aryl methyl sites for hydroxylation is 1. The van der Waals surface area contributed by atoms with Crippen molar-refractivity contribution in [1.29, 1.82) is 0 Å². The van der Waals surface area contributed by atoms with Crippen molar-refractivity contribution < 1.29 is 4.79 Å². The first-order valence-electron chi connectivity index (χ1n) is 9.74. The quantitative estimate of drug-likeness (QED) is 0.631. The van der Waals surface area contributed by atoms with Gasteiger partial charge in [-0.2, -0.15) is 0 Å². The molecule has 1 heterocycles. The first kappa shape index (κ1) is 19.2. The van der Waals surface area contributed by atoms with Crippen LogP contribution >= 0.6 is 0 Å². The van der Waals surface area contributed by atoms with Gasteiger partial charge in [0.2, 0.25) is 5.91 Å². The summed E-state index contributed by atoms with van der Waals surface area (Å²) in [5, 5.41) is 4.24. The van der Waals surface area contributed by atoms with Gasteiger partial charge in [-0.05, 0) is 42.8 Å². The molecule has 2 N–H and O–H groups in total. The lowest BCUT2D eigenvalue weighted by atomic mass is 10.1. The number of nitrogens with one attached hydrogen (secondary N) is 2. The zero-order chi connectivity index (χ0) is 19.2. The van der Waals surface area contributed by atoms with Gasteiger partial charge in [0.1, 0.15) is 0 Å². The number of benzene rings is 2. The number of hydrogen-bond donors (Lipinski definition) is 2. The van der Waals surface area contributed by atoms with E-state index in [1.807, 2.05) is 31.2 Å². The molecule has 0 aliphatic carbocycles. The van der Waals surface area contributed by atoms with E-state index < -0.39 is 0 Å². The SMILES string of the molecule is CCN(CC)Cc1ccccc1CNC(=O)Cc1c(C)[nH]c2ccccc12. The maximum absolute atomic E-state index is 12.6. The van der Waals surface area contributed by atoms with Crippen LogP contribution in [0.3, 0.4) is 0 Å². The molecule has 1 amide bonds. The van der Waals surface area contributed by atoms with Gasteiger partial charge in [-0.15, -0.1) is 0 Å². The molecule has 0 unspecified atom stereocenters. The molecule has 3 aromatic rings. The fourth-order valence-corrected chi connectivity index (χ4v) is 3.55. The molecule has 0 aliphatic rings. The first-order chi connectivity index (χ1) is 13.1. The van der Waals surface area contributed by atoms with E-state index in [4.69, 9.17) is 0 Å². The topological polar surface area (TPSA) is 48.1 Å². The maximum Gasteiger partial charge on any atom is 0.224 e. The lowest BCUT2D eigenvalue weighted by Gasteiger charge is -2.20. The maximum atomic E-state index is 12.6. The summed E-state index contributed by atoms with van der Waals surface area (Å²) >= 11 is 0. The van der Waals surface area contributed by atoms with Crippen molar-refractivity contribution in [3.8, 4) is 0 Å². The highest BCUT2D eigenvalue weighted by Crippen LogP contribution is 2.22. The minimum atomic E-state index is 0.0560. The van der Waals surface area contributed by atoms with Crippen molar-refractivity contribution in [3.05, 3.63) is 70.9 Å². The van der Waals surface area contributed by atoms with E-state index in [2.05, 4.69) is 53.3 Å². The molecule has 0 aliphatic heterocycles. The van der Waals surface area contributed by atoms with Gasteiger partial charge in [-0.1, -0.05) is 56.3 Å².